The van der Waals surface area contributed by atoms with Crippen molar-refractivity contribution < 1.29 is 0 Å². The standard InChI is InChI=1S/C26H25N5/c1-18-14-21(16-27-15-18)26-29-28-24-17-30(12-13-31(24)26)25-22-8-4-2-6-19(22)10-11-20-7-3-5-9-23(20)25/h2-9,14-16,25H,10-13,17H2,1H3. The fourth-order valence-electron chi connectivity index (χ4n) is 5.18. The second-order valence-electron chi connectivity index (χ2n) is 8.61. The maximum Gasteiger partial charge on any atom is 0.165 e. The predicted molar refractivity (Wildman–Crippen MR) is 121 cm³/mol. The van der Waals surface area contributed by atoms with Crippen molar-refractivity contribution in [2.24, 2.45) is 0 Å². The van der Waals surface area contributed by atoms with Crippen molar-refractivity contribution in [3.8, 4) is 11.4 Å². The summed E-state index contributed by atoms with van der Waals surface area (Å²) in [5.41, 5.74) is 7.97. The zero-order valence-corrected chi connectivity index (χ0v) is 17.7. The molecule has 6 rings (SSSR count). The molecule has 2 aliphatic rings. The summed E-state index contributed by atoms with van der Waals surface area (Å²) in [6, 6.07) is 20.3. The molecule has 1 aliphatic carbocycles. The zero-order chi connectivity index (χ0) is 20.8. The summed E-state index contributed by atoms with van der Waals surface area (Å²) in [4.78, 5) is 6.92. The van der Waals surface area contributed by atoms with Crippen molar-refractivity contribution in [3.05, 3.63) is 101 Å². The molecule has 4 aromatic rings. The van der Waals surface area contributed by atoms with Crippen LogP contribution >= 0.6 is 0 Å². The summed E-state index contributed by atoms with van der Waals surface area (Å²) < 4.78 is 2.27. The van der Waals surface area contributed by atoms with E-state index in [-0.39, 0.29) is 6.04 Å². The third kappa shape index (κ3) is 3.17. The van der Waals surface area contributed by atoms with Crippen LogP contribution in [-0.4, -0.2) is 31.2 Å². The molecule has 5 heteroatoms. The normalized spacial score (nSPS) is 16.3. The highest BCUT2D eigenvalue weighted by molar-refractivity contribution is 5.55. The number of hydrogen-bond acceptors (Lipinski definition) is 4. The summed E-state index contributed by atoms with van der Waals surface area (Å²) in [6.07, 6.45) is 5.95. The van der Waals surface area contributed by atoms with Crippen molar-refractivity contribution >= 4 is 0 Å². The minimum Gasteiger partial charge on any atom is -0.309 e. The molecule has 0 N–H and O–H groups in total. The molecule has 0 fully saturated rings. The smallest absolute Gasteiger partial charge is 0.165 e. The lowest BCUT2D eigenvalue weighted by Crippen LogP contribution is -2.37. The predicted octanol–water partition coefficient (Wildman–Crippen LogP) is 4.35. The summed E-state index contributed by atoms with van der Waals surface area (Å²) in [5.74, 6) is 1.95. The molecule has 0 atom stereocenters. The molecule has 0 saturated carbocycles. The van der Waals surface area contributed by atoms with Crippen LogP contribution in [0.2, 0.25) is 0 Å². The molecule has 154 valence electrons. The van der Waals surface area contributed by atoms with Gasteiger partial charge in [-0.25, -0.2) is 0 Å². The van der Waals surface area contributed by atoms with Gasteiger partial charge in [0.2, 0.25) is 0 Å². The van der Waals surface area contributed by atoms with Gasteiger partial charge in [-0.3, -0.25) is 9.88 Å². The molecular formula is C26H25N5. The van der Waals surface area contributed by atoms with Crippen LogP contribution < -0.4 is 0 Å². The molecule has 2 aromatic carbocycles. The Labute approximate surface area is 182 Å². The number of fused-ring (bicyclic) bond motifs is 3. The summed E-state index contributed by atoms with van der Waals surface area (Å²) in [6.45, 7) is 4.70. The first kappa shape index (κ1) is 18.5. The van der Waals surface area contributed by atoms with E-state index in [1.807, 2.05) is 12.4 Å². The monoisotopic (exact) mass is 407 g/mol. The lowest BCUT2D eigenvalue weighted by Gasteiger charge is -2.36. The van der Waals surface area contributed by atoms with Crippen LogP contribution in [0, 0.1) is 6.92 Å². The first-order valence-electron chi connectivity index (χ1n) is 11.0. The molecular weight excluding hydrogens is 382 g/mol. The molecule has 1 aliphatic heterocycles. The Morgan fingerprint density at radius 3 is 2.26 bits per heavy atom. The van der Waals surface area contributed by atoms with Gasteiger partial charge in [0.1, 0.15) is 5.82 Å². The van der Waals surface area contributed by atoms with E-state index < -0.39 is 0 Å². The van der Waals surface area contributed by atoms with Gasteiger partial charge >= 0.3 is 0 Å². The van der Waals surface area contributed by atoms with Crippen LogP contribution in [-0.2, 0) is 25.9 Å². The van der Waals surface area contributed by atoms with Gasteiger partial charge in [-0.15, -0.1) is 10.2 Å². The third-order valence-electron chi connectivity index (χ3n) is 6.64. The van der Waals surface area contributed by atoms with Crippen LogP contribution in [0.15, 0.2) is 67.0 Å². The van der Waals surface area contributed by atoms with Crippen molar-refractivity contribution in [2.75, 3.05) is 6.54 Å². The quantitative estimate of drug-likeness (QED) is 0.496. The Kier molecular flexibility index (Phi) is 4.42. The summed E-state index contributed by atoms with van der Waals surface area (Å²) in [7, 11) is 0. The number of rotatable bonds is 2. The molecule has 0 spiro atoms. The van der Waals surface area contributed by atoms with E-state index in [4.69, 9.17) is 0 Å². The van der Waals surface area contributed by atoms with E-state index in [1.165, 1.54) is 22.3 Å². The van der Waals surface area contributed by atoms with Crippen LogP contribution in [0.4, 0.5) is 0 Å². The molecule has 0 radical (unpaired) electrons. The van der Waals surface area contributed by atoms with E-state index in [0.717, 1.165) is 55.3 Å². The van der Waals surface area contributed by atoms with Crippen molar-refractivity contribution in [1.82, 2.24) is 24.6 Å². The van der Waals surface area contributed by atoms with Crippen LogP contribution in [0.5, 0.6) is 0 Å². The fraction of sp³-hybridized carbons (Fsp3) is 0.269. The van der Waals surface area contributed by atoms with E-state index in [2.05, 4.69) is 86.2 Å². The minimum absolute atomic E-state index is 0.254. The Morgan fingerprint density at radius 1 is 0.839 bits per heavy atom. The highest BCUT2D eigenvalue weighted by Crippen LogP contribution is 2.38. The highest BCUT2D eigenvalue weighted by Gasteiger charge is 2.32. The zero-order valence-electron chi connectivity index (χ0n) is 17.7. The van der Waals surface area contributed by atoms with Crippen LogP contribution in [0.3, 0.4) is 0 Å². The van der Waals surface area contributed by atoms with Crippen molar-refractivity contribution in [3.63, 3.8) is 0 Å². The number of aryl methyl sites for hydroxylation is 3. The van der Waals surface area contributed by atoms with E-state index in [9.17, 15) is 0 Å². The molecule has 0 bridgehead atoms. The second kappa shape index (κ2) is 7.43. The first-order valence-corrected chi connectivity index (χ1v) is 11.0. The molecule has 2 aromatic heterocycles. The number of nitrogens with zero attached hydrogens (tertiary/aromatic N) is 5. The lowest BCUT2D eigenvalue weighted by molar-refractivity contribution is 0.176. The Hall–Kier alpha value is -3.31. The van der Waals surface area contributed by atoms with Crippen molar-refractivity contribution in [2.45, 2.75) is 38.9 Å². The van der Waals surface area contributed by atoms with E-state index in [0.29, 0.717) is 0 Å². The molecule has 0 amide bonds. The van der Waals surface area contributed by atoms with Gasteiger partial charge in [0, 0.05) is 31.0 Å². The van der Waals surface area contributed by atoms with Gasteiger partial charge in [-0.1, -0.05) is 48.5 Å². The highest BCUT2D eigenvalue weighted by atomic mass is 15.3. The van der Waals surface area contributed by atoms with Gasteiger partial charge in [0.25, 0.3) is 0 Å². The van der Waals surface area contributed by atoms with Crippen LogP contribution in [0.25, 0.3) is 11.4 Å². The largest absolute Gasteiger partial charge is 0.309 e. The average Bonchev–Trinajstić information content (AvgIpc) is 3.15. The van der Waals surface area contributed by atoms with E-state index >= 15 is 0 Å². The number of benzene rings is 2. The van der Waals surface area contributed by atoms with Gasteiger partial charge in [-0.05, 0) is 53.6 Å². The second-order valence-corrected chi connectivity index (χ2v) is 8.61. The number of aromatic nitrogens is 4. The minimum atomic E-state index is 0.254. The Morgan fingerprint density at radius 2 is 1.55 bits per heavy atom. The number of pyridine rings is 1. The average molecular weight is 408 g/mol. The topological polar surface area (TPSA) is 46.8 Å². The maximum absolute atomic E-state index is 4.59. The molecule has 3 heterocycles. The van der Waals surface area contributed by atoms with Gasteiger partial charge < -0.3 is 4.57 Å². The molecule has 31 heavy (non-hydrogen) atoms. The molecule has 5 nitrogen and oxygen atoms in total. The Balaban J connectivity index is 1.40. The molecule has 0 saturated heterocycles. The van der Waals surface area contributed by atoms with Crippen LogP contribution in [0.1, 0.15) is 39.7 Å². The van der Waals surface area contributed by atoms with Crippen molar-refractivity contribution in [1.29, 1.82) is 0 Å². The maximum atomic E-state index is 4.59. The molecule has 0 unspecified atom stereocenters. The van der Waals surface area contributed by atoms with E-state index in [1.54, 1.807) is 0 Å². The first-order chi connectivity index (χ1) is 15.3. The van der Waals surface area contributed by atoms with Gasteiger partial charge in [0.05, 0.1) is 12.6 Å². The van der Waals surface area contributed by atoms with Gasteiger partial charge in [0.15, 0.2) is 5.82 Å². The third-order valence-corrected chi connectivity index (χ3v) is 6.64. The summed E-state index contributed by atoms with van der Waals surface area (Å²) in [5, 5.41) is 9.13. The fourth-order valence-corrected chi connectivity index (χ4v) is 5.18. The van der Waals surface area contributed by atoms with Gasteiger partial charge in [-0.2, -0.15) is 0 Å². The SMILES string of the molecule is Cc1cncc(-c2nnc3n2CCN(C2c4ccccc4CCc4ccccc42)C3)c1. The Bertz CT molecular complexity index is 1210. The number of hydrogen-bond donors (Lipinski definition) is 0. The lowest BCUT2D eigenvalue weighted by atomic mass is 9.93. The summed E-state index contributed by atoms with van der Waals surface area (Å²) >= 11 is 0.